The molecule has 0 aliphatic rings. The van der Waals surface area contributed by atoms with Crippen molar-refractivity contribution in [1.82, 2.24) is 0 Å². The van der Waals surface area contributed by atoms with Crippen molar-refractivity contribution < 1.29 is 14.3 Å². The van der Waals surface area contributed by atoms with E-state index >= 15 is 0 Å². The highest BCUT2D eigenvalue weighted by molar-refractivity contribution is 7.14. The van der Waals surface area contributed by atoms with E-state index in [1.54, 1.807) is 11.4 Å². The molecule has 0 unspecified atom stereocenters. The second kappa shape index (κ2) is 5.79. The Morgan fingerprint density at radius 3 is 2.78 bits per heavy atom. The molecule has 94 valence electrons. The summed E-state index contributed by atoms with van der Waals surface area (Å²) in [7, 11) is 1.32. The van der Waals surface area contributed by atoms with E-state index in [-0.39, 0.29) is 5.91 Å². The maximum Gasteiger partial charge on any atom is 0.340 e. The Bertz CT molecular complexity index is 545. The number of rotatable bonds is 4. The number of hydrogen-bond acceptors (Lipinski definition) is 5. The van der Waals surface area contributed by atoms with E-state index in [4.69, 9.17) is 0 Å². The Morgan fingerprint density at radius 1 is 1.28 bits per heavy atom. The van der Waals surface area contributed by atoms with Gasteiger partial charge in [0.25, 0.3) is 0 Å². The van der Waals surface area contributed by atoms with Gasteiger partial charge in [0.1, 0.15) is 5.00 Å². The largest absolute Gasteiger partial charge is 0.465 e. The standard InChI is InChI=1S/C12H11NO3S2/c1-16-12(15)9-4-6-18-11(9)13-10(14)7-8-3-2-5-17-8/h2-6H,7H2,1H3,(H,13,14). The van der Waals surface area contributed by atoms with Crippen LogP contribution in [-0.2, 0) is 16.0 Å². The molecule has 0 spiro atoms. The van der Waals surface area contributed by atoms with Gasteiger partial charge in [-0.25, -0.2) is 4.79 Å². The first-order valence-electron chi connectivity index (χ1n) is 5.18. The number of carbonyl (C=O) groups is 2. The van der Waals surface area contributed by atoms with Crippen molar-refractivity contribution in [2.24, 2.45) is 0 Å². The molecular formula is C12H11NO3S2. The van der Waals surface area contributed by atoms with E-state index < -0.39 is 5.97 Å². The van der Waals surface area contributed by atoms with Gasteiger partial charge >= 0.3 is 5.97 Å². The van der Waals surface area contributed by atoms with Crippen LogP contribution < -0.4 is 5.32 Å². The first-order valence-corrected chi connectivity index (χ1v) is 6.94. The molecule has 6 heteroatoms. The van der Waals surface area contributed by atoms with Crippen molar-refractivity contribution in [3.8, 4) is 0 Å². The summed E-state index contributed by atoms with van der Waals surface area (Å²) in [6.07, 6.45) is 0.316. The lowest BCUT2D eigenvalue weighted by Crippen LogP contribution is -2.15. The third-order valence-corrected chi connectivity index (χ3v) is 3.94. The molecule has 0 aliphatic heterocycles. The highest BCUT2D eigenvalue weighted by atomic mass is 32.1. The summed E-state index contributed by atoms with van der Waals surface area (Å²) < 4.78 is 4.64. The van der Waals surface area contributed by atoms with Gasteiger partial charge in [-0.1, -0.05) is 6.07 Å². The summed E-state index contributed by atoms with van der Waals surface area (Å²) in [5, 5.41) is 6.93. The van der Waals surface area contributed by atoms with Crippen molar-refractivity contribution >= 4 is 39.6 Å². The van der Waals surface area contributed by atoms with Crippen LogP contribution in [-0.4, -0.2) is 19.0 Å². The molecule has 1 amide bonds. The van der Waals surface area contributed by atoms with E-state index in [9.17, 15) is 9.59 Å². The number of anilines is 1. The van der Waals surface area contributed by atoms with E-state index in [2.05, 4.69) is 10.1 Å². The first-order chi connectivity index (χ1) is 8.70. The van der Waals surface area contributed by atoms with Crippen molar-refractivity contribution in [3.05, 3.63) is 39.4 Å². The molecule has 2 heterocycles. The minimum Gasteiger partial charge on any atom is -0.465 e. The number of thiophene rings is 2. The van der Waals surface area contributed by atoms with Gasteiger partial charge in [-0.05, 0) is 22.9 Å². The van der Waals surface area contributed by atoms with Crippen LogP contribution in [0.5, 0.6) is 0 Å². The highest BCUT2D eigenvalue weighted by Crippen LogP contribution is 2.24. The highest BCUT2D eigenvalue weighted by Gasteiger charge is 2.15. The normalized spacial score (nSPS) is 10.1. The molecule has 2 rings (SSSR count). The molecule has 1 N–H and O–H groups in total. The third kappa shape index (κ3) is 2.96. The molecule has 2 aromatic rings. The molecule has 0 saturated heterocycles. The summed E-state index contributed by atoms with van der Waals surface area (Å²) in [6.45, 7) is 0. The van der Waals surface area contributed by atoms with Crippen molar-refractivity contribution in [1.29, 1.82) is 0 Å². The number of nitrogens with one attached hydrogen (secondary N) is 1. The van der Waals surface area contributed by atoms with Crippen LogP contribution in [0, 0.1) is 0 Å². The minimum atomic E-state index is -0.442. The van der Waals surface area contributed by atoms with Gasteiger partial charge in [0, 0.05) is 4.88 Å². The van der Waals surface area contributed by atoms with Gasteiger partial charge in [0.05, 0.1) is 19.1 Å². The fourth-order valence-electron chi connectivity index (χ4n) is 1.42. The van der Waals surface area contributed by atoms with Gasteiger partial charge in [-0.3, -0.25) is 4.79 Å². The van der Waals surface area contributed by atoms with Crippen LogP contribution in [0.4, 0.5) is 5.00 Å². The molecular weight excluding hydrogens is 270 g/mol. The molecule has 4 nitrogen and oxygen atoms in total. The Kier molecular flexibility index (Phi) is 4.11. The molecule has 0 bridgehead atoms. The van der Waals surface area contributed by atoms with Crippen LogP contribution in [0.15, 0.2) is 29.0 Å². The van der Waals surface area contributed by atoms with E-state index in [0.29, 0.717) is 17.0 Å². The topological polar surface area (TPSA) is 55.4 Å². The molecule has 18 heavy (non-hydrogen) atoms. The summed E-state index contributed by atoms with van der Waals surface area (Å²) in [4.78, 5) is 24.2. The molecule has 0 fully saturated rings. The number of ether oxygens (including phenoxy) is 1. The Labute approximate surface area is 112 Å². The van der Waals surface area contributed by atoms with Crippen LogP contribution in [0.2, 0.25) is 0 Å². The molecule has 0 aromatic carbocycles. The lowest BCUT2D eigenvalue weighted by Gasteiger charge is -2.04. The summed E-state index contributed by atoms with van der Waals surface area (Å²) in [6, 6.07) is 5.44. The van der Waals surface area contributed by atoms with Crippen LogP contribution in [0.25, 0.3) is 0 Å². The Hall–Kier alpha value is -1.66. The lowest BCUT2D eigenvalue weighted by molar-refractivity contribution is -0.115. The molecule has 0 atom stereocenters. The van der Waals surface area contributed by atoms with E-state index in [1.165, 1.54) is 29.8 Å². The molecule has 0 aliphatic carbocycles. The van der Waals surface area contributed by atoms with Gasteiger partial charge in [0.2, 0.25) is 5.91 Å². The minimum absolute atomic E-state index is 0.134. The van der Waals surface area contributed by atoms with Crippen molar-refractivity contribution in [2.75, 3.05) is 12.4 Å². The molecule has 0 radical (unpaired) electrons. The quantitative estimate of drug-likeness (QED) is 0.877. The summed E-state index contributed by atoms with van der Waals surface area (Å²) >= 11 is 2.83. The zero-order valence-corrected chi connectivity index (χ0v) is 11.3. The molecule has 2 aromatic heterocycles. The predicted octanol–water partition coefficient (Wildman–Crippen LogP) is 2.78. The number of amides is 1. The SMILES string of the molecule is COC(=O)c1ccsc1NC(=O)Cc1cccs1. The smallest absolute Gasteiger partial charge is 0.340 e. The second-order valence-corrected chi connectivity index (χ2v) is 5.41. The maximum atomic E-state index is 11.8. The van der Waals surface area contributed by atoms with Crippen LogP contribution in [0.3, 0.4) is 0 Å². The third-order valence-electron chi connectivity index (χ3n) is 2.24. The lowest BCUT2D eigenvalue weighted by atomic mass is 10.3. The van der Waals surface area contributed by atoms with Gasteiger partial charge in [-0.15, -0.1) is 22.7 Å². The predicted molar refractivity (Wildman–Crippen MR) is 72.3 cm³/mol. The van der Waals surface area contributed by atoms with Crippen LogP contribution >= 0.6 is 22.7 Å². The number of carbonyl (C=O) groups excluding carboxylic acids is 2. The van der Waals surface area contributed by atoms with Gasteiger partial charge in [-0.2, -0.15) is 0 Å². The van der Waals surface area contributed by atoms with Crippen LogP contribution in [0.1, 0.15) is 15.2 Å². The number of hydrogen-bond donors (Lipinski definition) is 1. The maximum absolute atomic E-state index is 11.8. The zero-order chi connectivity index (χ0) is 13.0. The Balaban J connectivity index is 2.03. The average Bonchev–Trinajstić information content (AvgIpc) is 2.99. The fourth-order valence-corrected chi connectivity index (χ4v) is 2.91. The number of esters is 1. The van der Waals surface area contributed by atoms with Gasteiger partial charge in [0.15, 0.2) is 0 Å². The van der Waals surface area contributed by atoms with E-state index in [1.807, 2.05) is 17.5 Å². The average molecular weight is 281 g/mol. The Morgan fingerprint density at radius 2 is 2.11 bits per heavy atom. The second-order valence-electron chi connectivity index (χ2n) is 3.46. The summed E-state index contributed by atoms with van der Waals surface area (Å²) in [5.41, 5.74) is 0.391. The van der Waals surface area contributed by atoms with Crippen molar-refractivity contribution in [3.63, 3.8) is 0 Å². The van der Waals surface area contributed by atoms with E-state index in [0.717, 1.165) is 4.88 Å². The fraction of sp³-hybridized carbons (Fsp3) is 0.167. The monoisotopic (exact) mass is 281 g/mol. The number of methoxy groups -OCH3 is 1. The van der Waals surface area contributed by atoms with Crippen molar-refractivity contribution in [2.45, 2.75) is 6.42 Å². The van der Waals surface area contributed by atoms with Gasteiger partial charge < -0.3 is 10.1 Å². The zero-order valence-electron chi connectivity index (χ0n) is 9.64. The summed E-state index contributed by atoms with van der Waals surface area (Å²) in [5.74, 6) is -0.576. The first kappa shape index (κ1) is 12.8. The molecule has 0 saturated carbocycles.